The van der Waals surface area contributed by atoms with Crippen LogP contribution in [0, 0.1) is 6.92 Å². The van der Waals surface area contributed by atoms with Gasteiger partial charge in [0.15, 0.2) is 5.69 Å². The van der Waals surface area contributed by atoms with Crippen molar-refractivity contribution >= 4 is 29.1 Å². The van der Waals surface area contributed by atoms with E-state index < -0.39 is 28.9 Å². The Hall–Kier alpha value is -5.20. The number of carbonyl (C=O) groups excluding carboxylic acids is 1. The van der Waals surface area contributed by atoms with E-state index in [1.54, 1.807) is 41.2 Å². The summed E-state index contributed by atoms with van der Waals surface area (Å²) in [4.78, 5) is 29.1. The number of nitrogens with zero attached hydrogens (tertiary/aromatic N) is 6. The Morgan fingerprint density at radius 1 is 0.822 bits per heavy atom. The van der Waals surface area contributed by atoms with E-state index >= 15 is 0 Å². The van der Waals surface area contributed by atoms with Crippen LogP contribution in [-0.4, -0.2) is 35.0 Å². The molecule has 0 saturated carbocycles. The van der Waals surface area contributed by atoms with Crippen molar-refractivity contribution in [1.82, 2.24) is 29.1 Å². The maximum atomic E-state index is 13.3. The van der Waals surface area contributed by atoms with Crippen LogP contribution in [0.1, 0.15) is 21.7 Å². The zero-order valence-electron chi connectivity index (χ0n) is 23.3. The molecule has 0 radical (unpaired) electrons. The van der Waals surface area contributed by atoms with Gasteiger partial charge in [-0.15, -0.1) is 0 Å². The minimum absolute atomic E-state index is 0.0870. The SMILES string of the molecule is Cc1c(-c2ccnn2-c2ccc(Cl)cc2)nc(C(N)=O)c(=O)n1-c1cccc(C(F)(F)F)c1.Clc1ccc(-n2cccn2)cc1. The summed E-state index contributed by atoms with van der Waals surface area (Å²) in [6.45, 7) is 1.51. The summed E-state index contributed by atoms with van der Waals surface area (Å²) >= 11 is 11.7. The molecule has 0 aliphatic rings. The number of carbonyl (C=O) groups is 1. The smallest absolute Gasteiger partial charge is 0.364 e. The van der Waals surface area contributed by atoms with Gasteiger partial charge in [-0.05, 0) is 85.8 Å². The van der Waals surface area contributed by atoms with Crippen LogP contribution in [0.15, 0.2) is 108 Å². The van der Waals surface area contributed by atoms with Crippen molar-refractivity contribution in [1.29, 1.82) is 0 Å². The van der Waals surface area contributed by atoms with E-state index in [1.807, 2.05) is 36.5 Å². The standard InChI is InChI=1S/C22H15ClF3N5O2.C9H7ClN2/c1-12-18(17-9-10-28-31(17)15-7-5-14(23)6-8-15)29-19(20(27)32)21(33)30(12)16-4-2-3-13(11-16)22(24,25)26;10-8-2-4-9(5-3-8)12-7-1-6-11-12/h2-11H,1H3,(H2,27,32);1-7H. The molecule has 0 atom stereocenters. The van der Waals surface area contributed by atoms with Crippen molar-refractivity contribution in [2.45, 2.75) is 13.1 Å². The van der Waals surface area contributed by atoms with Gasteiger partial charge in [0.05, 0.1) is 34.5 Å². The van der Waals surface area contributed by atoms with Crippen molar-refractivity contribution in [2.75, 3.05) is 0 Å². The summed E-state index contributed by atoms with van der Waals surface area (Å²) in [6.07, 6.45) is 0.496. The van der Waals surface area contributed by atoms with E-state index in [0.717, 1.165) is 27.4 Å². The molecule has 9 nitrogen and oxygen atoms in total. The van der Waals surface area contributed by atoms with Crippen LogP contribution in [0.4, 0.5) is 13.2 Å². The van der Waals surface area contributed by atoms with Crippen molar-refractivity contribution < 1.29 is 18.0 Å². The lowest BCUT2D eigenvalue weighted by atomic mass is 10.1. The molecular formula is C31H22Cl2F3N7O2. The quantitative estimate of drug-likeness (QED) is 0.223. The molecule has 14 heteroatoms. The van der Waals surface area contributed by atoms with Crippen LogP contribution < -0.4 is 11.3 Å². The van der Waals surface area contributed by atoms with Gasteiger partial charge in [-0.2, -0.15) is 23.4 Å². The molecule has 2 N–H and O–H groups in total. The number of alkyl halides is 3. The second-order valence-corrected chi connectivity index (χ2v) is 10.4. The lowest BCUT2D eigenvalue weighted by Crippen LogP contribution is -2.32. The summed E-state index contributed by atoms with van der Waals surface area (Å²) in [5.41, 5.74) is 5.14. The van der Waals surface area contributed by atoms with E-state index in [1.165, 1.54) is 29.9 Å². The molecule has 3 heterocycles. The van der Waals surface area contributed by atoms with Crippen LogP contribution in [0.5, 0.6) is 0 Å². The number of rotatable bonds is 5. The van der Waals surface area contributed by atoms with Crippen molar-refractivity contribution in [3.05, 3.63) is 141 Å². The molecule has 3 aromatic heterocycles. The Kier molecular flexibility index (Phi) is 8.89. The van der Waals surface area contributed by atoms with E-state index in [-0.39, 0.29) is 17.1 Å². The van der Waals surface area contributed by atoms with Crippen LogP contribution in [0.25, 0.3) is 28.5 Å². The Morgan fingerprint density at radius 2 is 1.47 bits per heavy atom. The topological polar surface area (TPSA) is 114 Å². The minimum atomic E-state index is -4.62. The first-order chi connectivity index (χ1) is 21.4. The predicted octanol–water partition coefficient (Wildman–Crippen LogP) is 6.69. The van der Waals surface area contributed by atoms with E-state index in [0.29, 0.717) is 16.4 Å². The third-order valence-electron chi connectivity index (χ3n) is 6.52. The Balaban J connectivity index is 0.000000277. The van der Waals surface area contributed by atoms with Gasteiger partial charge in [0.1, 0.15) is 5.69 Å². The number of primary amides is 1. The van der Waals surface area contributed by atoms with E-state index in [2.05, 4.69) is 15.2 Å². The van der Waals surface area contributed by atoms with Gasteiger partial charge >= 0.3 is 6.18 Å². The summed E-state index contributed by atoms with van der Waals surface area (Å²) in [7, 11) is 0. The summed E-state index contributed by atoms with van der Waals surface area (Å²) in [5.74, 6) is -1.11. The molecule has 0 saturated heterocycles. The van der Waals surface area contributed by atoms with Gasteiger partial charge in [0.2, 0.25) is 0 Å². The fourth-order valence-corrected chi connectivity index (χ4v) is 4.68. The molecule has 0 spiro atoms. The summed E-state index contributed by atoms with van der Waals surface area (Å²) < 4.78 is 44.1. The number of benzene rings is 3. The van der Waals surface area contributed by atoms with Gasteiger partial charge in [0, 0.05) is 28.1 Å². The van der Waals surface area contributed by atoms with Gasteiger partial charge in [-0.3, -0.25) is 14.2 Å². The van der Waals surface area contributed by atoms with Crippen LogP contribution in [0.2, 0.25) is 10.0 Å². The summed E-state index contributed by atoms with van der Waals surface area (Å²) in [6, 6.07) is 21.9. The first kappa shape index (κ1) is 31.2. The normalized spacial score (nSPS) is 11.2. The maximum absolute atomic E-state index is 13.3. The Morgan fingerprint density at radius 3 is 2.04 bits per heavy atom. The van der Waals surface area contributed by atoms with Gasteiger partial charge in [-0.1, -0.05) is 29.3 Å². The second-order valence-electron chi connectivity index (χ2n) is 9.48. The third kappa shape index (κ3) is 6.82. The zero-order chi connectivity index (χ0) is 32.3. The average molecular weight is 652 g/mol. The molecule has 0 unspecified atom stereocenters. The summed E-state index contributed by atoms with van der Waals surface area (Å²) in [5, 5.41) is 9.60. The van der Waals surface area contributed by atoms with Crippen LogP contribution >= 0.6 is 23.2 Å². The van der Waals surface area contributed by atoms with Gasteiger partial charge < -0.3 is 5.73 Å². The van der Waals surface area contributed by atoms with Crippen LogP contribution in [-0.2, 0) is 6.18 Å². The molecule has 0 aliphatic carbocycles. The highest BCUT2D eigenvalue weighted by molar-refractivity contribution is 6.30. The lowest BCUT2D eigenvalue weighted by molar-refractivity contribution is -0.137. The maximum Gasteiger partial charge on any atom is 0.416 e. The second kappa shape index (κ2) is 12.8. The van der Waals surface area contributed by atoms with Crippen LogP contribution in [0.3, 0.4) is 0 Å². The Labute approximate surface area is 263 Å². The molecule has 0 fully saturated rings. The highest BCUT2D eigenvalue weighted by Gasteiger charge is 2.31. The number of hydrogen-bond acceptors (Lipinski definition) is 5. The first-order valence-corrected chi connectivity index (χ1v) is 13.9. The van der Waals surface area contributed by atoms with E-state index in [4.69, 9.17) is 28.9 Å². The molecular weight excluding hydrogens is 630 g/mol. The zero-order valence-corrected chi connectivity index (χ0v) is 24.8. The predicted molar refractivity (Wildman–Crippen MR) is 164 cm³/mol. The van der Waals surface area contributed by atoms with E-state index in [9.17, 15) is 22.8 Å². The number of aromatic nitrogens is 6. The van der Waals surface area contributed by atoms with Crippen molar-refractivity contribution in [3.8, 4) is 28.5 Å². The van der Waals surface area contributed by atoms with Crippen molar-refractivity contribution in [2.24, 2.45) is 5.73 Å². The molecule has 0 aliphatic heterocycles. The molecule has 6 rings (SSSR count). The number of amides is 1. The molecule has 1 amide bonds. The fraction of sp³-hybridized carbons (Fsp3) is 0.0645. The molecule has 6 aromatic rings. The fourth-order valence-electron chi connectivity index (χ4n) is 4.43. The largest absolute Gasteiger partial charge is 0.416 e. The van der Waals surface area contributed by atoms with Crippen molar-refractivity contribution in [3.63, 3.8) is 0 Å². The number of halogens is 5. The van der Waals surface area contributed by atoms with Gasteiger partial charge in [0.25, 0.3) is 11.5 Å². The molecule has 3 aromatic carbocycles. The highest BCUT2D eigenvalue weighted by Crippen LogP contribution is 2.31. The Bertz CT molecular complexity index is 2020. The molecule has 45 heavy (non-hydrogen) atoms. The molecule has 228 valence electrons. The molecule has 0 bridgehead atoms. The number of hydrogen-bond donors (Lipinski definition) is 1. The highest BCUT2D eigenvalue weighted by atomic mass is 35.5. The first-order valence-electron chi connectivity index (χ1n) is 13.1. The minimum Gasteiger partial charge on any atom is -0.364 e. The van der Waals surface area contributed by atoms with Gasteiger partial charge in [-0.25, -0.2) is 14.3 Å². The third-order valence-corrected chi connectivity index (χ3v) is 7.03. The lowest BCUT2D eigenvalue weighted by Gasteiger charge is -2.17. The monoisotopic (exact) mass is 651 g/mol. The number of nitrogens with two attached hydrogens (primary N) is 1. The average Bonchev–Trinajstić information content (AvgIpc) is 3.72.